The number of rotatable bonds is 2. The zero-order valence-electron chi connectivity index (χ0n) is 14.0. The molecule has 6 nitrogen and oxygen atoms in total. The second kappa shape index (κ2) is 5.16. The monoisotopic (exact) mass is 301 g/mol. The third-order valence-electron chi connectivity index (χ3n) is 3.16. The number of aliphatic carboxylic acids is 1. The van der Waals surface area contributed by atoms with Crippen molar-refractivity contribution in [2.24, 2.45) is 0 Å². The lowest BCUT2D eigenvalue weighted by molar-refractivity contribution is -0.194. The number of hydrogen-bond acceptors (Lipinski definition) is 4. The third kappa shape index (κ3) is 4.88. The maximum absolute atomic E-state index is 12.0. The van der Waals surface area contributed by atoms with Crippen LogP contribution in [-0.4, -0.2) is 39.5 Å². The Morgan fingerprint density at radius 3 is 1.86 bits per heavy atom. The molecule has 0 aliphatic carbocycles. The lowest BCUT2D eigenvalue weighted by Gasteiger charge is -2.49. The second-order valence-electron chi connectivity index (χ2n) is 7.99. The number of carbonyl (C=O) groups is 2. The molecule has 0 unspecified atom stereocenters. The first-order valence-electron chi connectivity index (χ1n) is 7.11. The smallest absolute Gasteiger partial charge is 0.408 e. The quantitative estimate of drug-likeness (QED) is 0.819. The summed E-state index contributed by atoms with van der Waals surface area (Å²) in [6, 6.07) is 0. The van der Waals surface area contributed by atoms with Gasteiger partial charge in [-0.1, -0.05) is 0 Å². The van der Waals surface area contributed by atoms with Gasteiger partial charge in [-0.15, -0.1) is 0 Å². The Hall–Kier alpha value is -1.30. The van der Waals surface area contributed by atoms with Crippen molar-refractivity contribution in [2.75, 3.05) is 0 Å². The van der Waals surface area contributed by atoms with Crippen molar-refractivity contribution in [2.45, 2.75) is 83.6 Å². The first-order chi connectivity index (χ1) is 9.17. The van der Waals surface area contributed by atoms with Gasteiger partial charge in [-0.05, 0) is 48.5 Å². The summed E-state index contributed by atoms with van der Waals surface area (Å²) in [4.78, 5) is 23.8. The normalized spacial score (nSPS) is 23.2. The van der Waals surface area contributed by atoms with Crippen molar-refractivity contribution in [1.29, 1.82) is 0 Å². The lowest BCUT2D eigenvalue weighted by Crippen LogP contribution is -2.65. The van der Waals surface area contributed by atoms with Crippen LogP contribution in [0.25, 0.3) is 0 Å². The molecule has 0 saturated carbocycles. The number of ether oxygens (including phenoxy) is 2. The van der Waals surface area contributed by atoms with E-state index < -0.39 is 34.4 Å². The average molecular weight is 301 g/mol. The van der Waals surface area contributed by atoms with Gasteiger partial charge < -0.3 is 19.9 Å². The maximum atomic E-state index is 12.0. The predicted molar refractivity (Wildman–Crippen MR) is 78.2 cm³/mol. The summed E-state index contributed by atoms with van der Waals surface area (Å²) >= 11 is 0. The van der Waals surface area contributed by atoms with Gasteiger partial charge in [-0.3, -0.25) is 0 Å². The van der Waals surface area contributed by atoms with Crippen LogP contribution in [0.1, 0.15) is 61.3 Å². The van der Waals surface area contributed by atoms with E-state index in [9.17, 15) is 14.7 Å². The van der Waals surface area contributed by atoms with Gasteiger partial charge in [-0.25, -0.2) is 9.59 Å². The topological polar surface area (TPSA) is 84.9 Å². The fraction of sp³-hybridized carbons (Fsp3) is 0.867. The van der Waals surface area contributed by atoms with E-state index in [0.717, 1.165) is 0 Å². The molecule has 2 N–H and O–H groups in total. The lowest BCUT2D eigenvalue weighted by atomic mass is 9.75. The van der Waals surface area contributed by atoms with E-state index in [4.69, 9.17) is 9.47 Å². The summed E-state index contributed by atoms with van der Waals surface area (Å²) in [5.74, 6) is -1.07. The van der Waals surface area contributed by atoms with E-state index in [0.29, 0.717) is 0 Å². The van der Waals surface area contributed by atoms with Crippen LogP contribution < -0.4 is 5.32 Å². The van der Waals surface area contributed by atoms with Gasteiger partial charge in [0.15, 0.2) is 0 Å². The fourth-order valence-corrected chi connectivity index (χ4v) is 3.13. The molecule has 0 bridgehead atoms. The minimum absolute atomic E-state index is 0.179. The number of carbonyl (C=O) groups excluding carboxylic acids is 1. The molecular weight excluding hydrogens is 274 g/mol. The molecule has 0 spiro atoms. The minimum atomic E-state index is -1.40. The highest BCUT2D eigenvalue weighted by Gasteiger charge is 2.54. The Bertz CT molecular complexity index is 418. The minimum Gasteiger partial charge on any atom is -0.479 e. The van der Waals surface area contributed by atoms with Gasteiger partial charge in [-0.2, -0.15) is 0 Å². The summed E-state index contributed by atoms with van der Waals surface area (Å²) in [5, 5.41) is 12.2. The van der Waals surface area contributed by atoms with E-state index in [1.165, 1.54) is 0 Å². The van der Waals surface area contributed by atoms with Gasteiger partial charge in [0.25, 0.3) is 0 Å². The average Bonchev–Trinajstić information content (AvgIpc) is 2.06. The SMILES string of the molecule is CC(C)(C)OC(=O)NC1(C(=O)O)CC(C)(C)OC(C)(C)C1. The van der Waals surface area contributed by atoms with Crippen molar-refractivity contribution < 1.29 is 24.2 Å². The zero-order chi connectivity index (χ0) is 16.7. The summed E-state index contributed by atoms with van der Waals surface area (Å²) in [5.41, 5.74) is -3.39. The molecule has 1 saturated heterocycles. The molecule has 0 atom stereocenters. The molecule has 1 heterocycles. The first kappa shape index (κ1) is 17.8. The van der Waals surface area contributed by atoms with E-state index in [2.05, 4.69) is 5.32 Å². The molecule has 1 rings (SSSR count). The van der Waals surface area contributed by atoms with Gasteiger partial charge in [0.05, 0.1) is 11.2 Å². The van der Waals surface area contributed by atoms with Crippen LogP contribution in [0.15, 0.2) is 0 Å². The van der Waals surface area contributed by atoms with Crippen LogP contribution in [0.5, 0.6) is 0 Å². The van der Waals surface area contributed by atoms with Crippen LogP contribution >= 0.6 is 0 Å². The van der Waals surface area contributed by atoms with Crippen molar-refractivity contribution >= 4 is 12.1 Å². The molecule has 0 aromatic carbocycles. The number of hydrogen-bond donors (Lipinski definition) is 2. The summed E-state index contributed by atoms with van der Waals surface area (Å²) in [6.45, 7) is 12.5. The number of nitrogens with one attached hydrogen (secondary N) is 1. The van der Waals surface area contributed by atoms with Crippen LogP contribution in [0.3, 0.4) is 0 Å². The molecule has 1 aliphatic rings. The highest BCUT2D eigenvalue weighted by molar-refractivity contribution is 5.85. The highest BCUT2D eigenvalue weighted by Crippen LogP contribution is 2.41. The Kier molecular flexibility index (Phi) is 4.36. The Morgan fingerprint density at radius 1 is 1.10 bits per heavy atom. The Balaban J connectivity index is 3.04. The molecule has 122 valence electrons. The van der Waals surface area contributed by atoms with E-state index in [-0.39, 0.29) is 12.8 Å². The molecule has 0 radical (unpaired) electrons. The van der Waals surface area contributed by atoms with Gasteiger partial charge in [0, 0.05) is 12.8 Å². The molecular formula is C15H27NO5. The number of carboxylic acid groups (broad SMARTS) is 1. The molecule has 0 aromatic rings. The van der Waals surface area contributed by atoms with Gasteiger partial charge in [0.2, 0.25) is 0 Å². The predicted octanol–water partition coefficient (Wildman–Crippen LogP) is 2.70. The maximum Gasteiger partial charge on any atom is 0.408 e. The van der Waals surface area contributed by atoms with Crippen molar-refractivity contribution in [1.82, 2.24) is 5.32 Å². The molecule has 21 heavy (non-hydrogen) atoms. The summed E-state index contributed by atoms with van der Waals surface area (Å²) in [7, 11) is 0. The molecule has 1 aliphatic heterocycles. The molecule has 1 amide bonds. The van der Waals surface area contributed by atoms with E-state index in [1.54, 1.807) is 20.8 Å². The zero-order valence-corrected chi connectivity index (χ0v) is 14.0. The number of alkyl carbamates (subject to hydrolysis) is 1. The van der Waals surface area contributed by atoms with Crippen LogP contribution in [0.2, 0.25) is 0 Å². The third-order valence-corrected chi connectivity index (χ3v) is 3.16. The molecule has 0 aromatic heterocycles. The number of carboxylic acids is 1. The van der Waals surface area contributed by atoms with Crippen molar-refractivity contribution in [3.63, 3.8) is 0 Å². The van der Waals surface area contributed by atoms with Crippen LogP contribution in [-0.2, 0) is 14.3 Å². The largest absolute Gasteiger partial charge is 0.479 e. The van der Waals surface area contributed by atoms with E-state index >= 15 is 0 Å². The summed E-state index contributed by atoms with van der Waals surface area (Å²) < 4.78 is 11.1. The standard InChI is InChI=1S/C15H27NO5/c1-12(2,3)20-11(19)16-15(10(17)18)8-13(4,5)21-14(6,7)9-15/h8-9H2,1-7H3,(H,16,19)(H,17,18). The van der Waals surface area contributed by atoms with E-state index in [1.807, 2.05) is 27.7 Å². The summed E-state index contributed by atoms with van der Waals surface area (Å²) in [6.07, 6.45) is -0.367. The molecule has 6 heteroatoms. The fourth-order valence-electron chi connectivity index (χ4n) is 3.13. The first-order valence-corrected chi connectivity index (χ1v) is 7.11. The second-order valence-corrected chi connectivity index (χ2v) is 7.99. The van der Waals surface area contributed by atoms with Gasteiger partial charge in [0.1, 0.15) is 11.1 Å². The Morgan fingerprint density at radius 2 is 1.52 bits per heavy atom. The number of amides is 1. The van der Waals surface area contributed by atoms with Gasteiger partial charge >= 0.3 is 12.1 Å². The highest BCUT2D eigenvalue weighted by atomic mass is 16.6. The van der Waals surface area contributed by atoms with Crippen LogP contribution in [0, 0.1) is 0 Å². The van der Waals surface area contributed by atoms with Crippen LogP contribution in [0.4, 0.5) is 4.79 Å². The Labute approximate surface area is 126 Å². The molecule has 1 fully saturated rings. The van der Waals surface area contributed by atoms with Crippen molar-refractivity contribution in [3.05, 3.63) is 0 Å². The van der Waals surface area contributed by atoms with Crippen molar-refractivity contribution in [3.8, 4) is 0 Å².